The molecule has 0 aromatic heterocycles. The van der Waals surface area contributed by atoms with Gasteiger partial charge in [0.1, 0.15) is 29.9 Å². The lowest BCUT2D eigenvalue weighted by Gasteiger charge is -2.33. The highest BCUT2D eigenvalue weighted by molar-refractivity contribution is 7.46. The van der Waals surface area contributed by atoms with Gasteiger partial charge in [-0.2, -0.15) is 0 Å². The Morgan fingerprint density at radius 3 is 2.31 bits per heavy atom. The number of guanidine groups is 1. The van der Waals surface area contributed by atoms with E-state index in [4.69, 9.17) is 22.9 Å². The number of rotatable bonds is 12. The van der Waals surface area contributed by atoms with Crippen LogP contribution in [0.15, 0.2) is 16.9 Å². The standard InChI is InChI=1S/C25H44N13O13P/c26-3-1-2-10(27)4-16(40)32-12-6-30-23(46)18(11-5-17(41)37-24(28)36-11)38-20(43)13(7-31-25(29)47)33-21(44)14(8-39)34-22(45)15(35-19(12)42)9-51-52(48,49)50/h7,10-12,14-15,17-18,39,41H,1-6,8-9,26-27H2,(H,30,46)(H,32,40)(H,33,44)(H,34,45)(H,35,42)(H,38,43)(H3,28,36,37)(H3,29,31,47)(H2,48,49,50)/b13-7-/t10-,11+,12?,14?,15?,17-,18?/m0/s1. The van der Waals surface area contributed by atoms with Gasteiger partial charge in [0, 0.05) is 31.6 Å². The number of aliphatic imine (C=N–C) groups is 1. The van der Waals surface area contributed by atoms with Crippen molar-refractivity contribution in [3.63, 3.8) is 0 Å². The van der Waals surface area contributed by atoms with Gasteiger partial charge < -0.3 is 85.5 Å². The molecular formula is C25H44N13O13P. The number of nitrogens with two attached hydrogens (primary N) is 4. The molecular weight excluding hydrogens is 721 g/mol. The summed E-state index contributed by atoms with van der Waals surface area (Å²) in [4.78, 5) is 113. The van der Waals surface area contributed by atoms with Gasteiger partial charge in [0.2, 0.25) is 29.5 Å². The monoisotopic (exact) mass is 765 g/mol. The summed E-state index contributed by atoms with van der Waals surface area (Å²) in [5, 5.41) is 37.7. The normalized spacial score (nSPS) is 26.7. The van der Waals surface area contributed by atoms with Crippen molar-refractivity contribution in [1.82, 2.24) is 42.5 Å². The van der Waals surface area contributed by atoms with Gasteiger partial charge in [0.15, 0.2) is 12.2 Å². The van der Waals surface area contributed by atoms with Gasteiger partial charge in [0.25, 0.3) is 5.91 Å². The Hall–Kier alpha value is -4.95. The number of phosphoric ester groups is 1. The highest BCUT2D eigenvalue weighted by atomic mass is 31.2. The lowest BCUT2D eigenvalue weighted by molar-refractivity contribution is -0.135. The van der Waals surface area contributed by atoms with Crippen LogP contribution in [0.2, 0.25) is 0 Å². The van der Waals surface area contributed by atoms with Crippen LogP contribution in [0.5, 0.6) is 0 Å². The molecule has 7 atom stereocenters. The molecule has 1 fully saturated rings. The minimum Gasteiger partial charge on any atom is -0.394 e. The first-order valence-electron chi connectivity index (χ1n) is 15.4. The van der Waals surface area contributed by atoms with E-state index in [0.717, 1.165) is 0 Å². The fourth-order valence-electron chi connectivity index (χ4n) is 4.62. The maximum atomic E-state index is 13.7. The van der Waals surface area contributed by atoms with Crippen molar-refractivity contribution < 1.29 is 62.7 Å². The quantitative estimate of drug-likeness (QED) is 0.0648. The first-order chi connectivity index (χ1) is 24.3. The predicted octanol–water partition coefficient (Wildman–Crippen LogP) is -8.77. The van der Waals surface area contributed by atoms with Crippen molar-refractivity contribution in [2.45, 2.75) is 68.2 Å². The Labute approximate surface area is 294 Å². The van der Waals surface area contributed by atoms with Crippen LogP contribution in [0.1, 0.15) is 25.7 Å². The topological polar surface area (TPSA) is 439 Å². The van der Waals surface area contributed by atoms with E-state index in [1.165, 1.54) is 0 Å². The fraction of sp³-hybridized carbons (Fsp3) is 0.600. The van der Waals surface area contributed by atoms with Crippen molar-refractivity contribution in [3.8, 4) is 0 Å². The molecule has 20 N–H and O–H groups in total. The second kappa shape index (κ2) is 20.2. The highest BCUT2D eigenvalue weighted by Gasteiger charge is 2.37. The van der Waals surface area contributed by atoms with Gasteiger partial charge >= 0.3 is 13.9 Å². The third-order valence-electron chi connectivity index (χ3n) is 7.14. The summed E-state index contributed by atoms with van der Waals surface area (Å²) in [5.74, 6) is -7.40. The molecule has 2 aliphatic heterocycles. The molecule has 0 saturated carbocycles. The van der Waals surface area contributed by atoms with Gasteiger partial charge in [-0.15, -0.1) is 0 Å². The Kier molecular flexibility index (Phi) is 16.8. The molecule has 52 heavy (non-hydrogen) atoms. The zero-order valence-electron chi connectivity index (χ0n) is 27.4. The third-order valence-corrected chi connectivity index (χ3v) is 7.62. The fourth-order valence-corrected chi connectivity index (χ4v) is 4.97. The molecule has 2 heterocycles. The number of amides is 8. The minimum atomic E-state index is -5.28. The molecule has 0 aromatic carbocycles. The number of hydrogen-bond acceptors (Lipinski definition) is 16. The Morgan fingerprint density at radius 1 is 1.04 bits per heavy atom. The molecule has 8 amide bonds. The lowest BCUT2D eigenvalue weighted by Crippen LogP contribution is -2.65. The summed E-state index contributed by atoms with van der Waals surface area (Å²) >= 11 is 0. The molecule has 4 unspecified atom stereocenters. The van der Waals surface area contributed by atoms with Gasteiger partial charge in [-0.3, -0.25) is 33.3 Å². The van der Waals surface area contributed by atoms with Crippen LogP contribution in [-0.4, -0.2) is 136 Å². The molecule has 292 valence electrons. The van der Waals surface area contributed by atoms with Crippen LogP contribution in [0.25, 0.3) is 0 Å². The van der Waals surface area contributed by atoms with Crippen LogP contribution in [-0.2, 0) is 37.9 Å². The molecule has 0 spiro atoms. The van der Waals surface area contributed by atoms with E-state index in [0.29, 0.717) is 19.0 Å². The van der Waals surface area contributed by atoms with Crippen molar-refractivity contribution in [3.05, 3.63) is 11.9 Å². The molecule has 27 heteroatoms. The zero-order chi connectivity index (χ0) is 39.2. The molecule has 0 aromatic rings. The average Bonchev–Trinajstić information content (AvgIpc) is 3.04. The first-order valence-corrected chi connectivity index (χ1v) is 17.0. The summed E-state index contributed by atoms with van der Waals surface area (Å²) in [5.41, 5.74) is 21.4. The number of urea groups is 1. The molecule has 1 saturated heterocycles. The molecule has 26 nitrogen and oxygen atoms in total. The van der Waals surface area contributed by atoms with Crippen molar-refractivity contribution in [2.24, 2.45) is 27.9 Å². The maximum Gasteiger partial charge on any atom is 0.469 e. The number of phosphoric acid groups is 1. The van der Waals surface area contributed by atoms with Gasteiger partial charge in [-0.25, -0.2) is 14.4 Å². The Morgan fingerprint density at radius 2 is 1.71 bits per heavy atom. The number of carbonyl (C=O) groups is 7. The van der Waals surface area contributed by atoms with Crippen LogP contribution in [0, 0.1) is 0 Å². The lowest BCUT2D eigenvalue weighted by atomic mass is 10.0. The predicted molar refractivity (Wildman–Crippen MR) is 175 cm³/mol. The minimum absolute atomic E-state index is 0.284. The van der Waals surface area contributed by atoms with E-state index in [9.17, 15) is 58.1 Å². The van der Waals surface area contributed by atoms with Gasteiger partial charge in [-0.1, -0.05) is 0 Å². The molecule has 2 aliphatic rings. The second-order valence-electron chi connectivity index (χ2n) is 11.3. The Bertz CT molecular complexity index is 1460. The van der Waals surface area contributed by atoms with Gasteiger partial charge in [0.05, 0.1) is 19.3 Å². The molecule has 0 aliphatic carbocycles. The summed E-state index contributed by atoms with van der Waals surface area (Å²) in [7, 11) is -5.28. The number of primary amides is 1. The SMILES string of the molecule is NCCC[C@H](N)CC(=O)NC1CNC(=O)C([C@H]2C[C@H](O)N=C(N)N2)NC(=O)/C(=C/NC(N)=O)NC(=O)C(CO)NC(=O)C(COP(=O)(O)O)NC1=O. The van der Waals surface area contributed by atoms with Gasteiger partial charge in [-0.05, 0) is 19.4 Å². The van der Waals surface area contributed by atoms with E-state index in [-0.39, 0.29) is 25.3 Å². The third kappa shape index (κ3) is 14.7. The van der Waals surface area contributed by atoms with Crippen LogP contribution >= 0.6 is 7.82 Å². The number of aliphatic hydroxyl groups excluding tert-OH is 2. The van der Waals surface area contributed by atoms with Crippen LogP contribution in [0.3, 0.4) is 0 Å². The first kappa shape index (κ1) is 43.2. The van der Waals surface area contributed by atoms with Crippen molar-refractivity contribution in [2.75, 3.05) is 26.3 Å². The van der Waals surface area contributed by atoms with E-state index in [1.807, 2.05) is 16.0 Å². The number of aliphatic hydroxyl groups is 2. The van der Waals surface area contributed by atoms with E-state index >= 15 is 0 Å². The smallest absolute Gasteiger partial charge is 0.394 e. The summed E-state index contributed by atoms with van der Waals surface area (Å²) in [6, 6.07) is -10.5. The largest absolute Gasteiger partial charge is 0.469 e. The van der Waals surface area contributed by atoms with E-state index in [1.54, 1.807) is 0 Å². The average molecular weight is 766 g/mol. The summed E-state index contributed by atoms with van der Waals surface area (Å²) < 4.78 is 15.8. The molecule has 0 radical (unpaired) electrons. The van der Waals surface area contributed by atoms with Crippen molar-refractivity contribution in [1.29, 1.82) is 0 Å². The van der Waals surface area contributed by atoms with Crippen molar-refractivity contribution >= 4 is 55.3 Å². The van der Waals surface area contributed by atoms with Crippen LogP contribution < -0.4 is 65.5 Å². The summed E-state index contributed by atoms with van der Waals surface area (Å²) in [6.07, 6.45) is -0.691. The number of nitrogens with zero attached hydrogens (tertiary/aromatic N) is 1. The van der Waals surface area contributed by atoms with E-state index in [2.05, 4.69) is 36.1 Å². The molecule has 0 bridgehead atoms. The number of hydrogen-bond donors (Lipinski definition) is 16. The Balaban J connectivity index is 2.62. The number of nitrogens with one attached hydrogen (secondary N) is 8. The van der Waals surface area contributed by atoms with Crippen LogP contribution in [0.4, 0.5) is 4.79 Å². The zero-order valence-corrected chi connectivity index (χ0v) is 28.3. The highest BCUT2D eigenvalue weighted by Crippen LogP contribution is 2.35. The summed E-state index contributed by atoms with van der Waals surface area (Å²) in [6.45, 7) is -2.84. The van der Waals surface area contributed by atoms with E-state index < -0.39 is 117 Å². The maximum absolute atomic E-state index is 13.7. The second-order valence-corrected chi connectivity index (χ2v) is 12.6. The number of carbonyl (C=O) groups excluding carboxylic acids is 7. The molecule has 2 rings (SSSR count).